The van der Waals surface area contributed by atoms with Crippen molar-refractivity contribution >= 4 is 35.1 Å². The van der Waals surface area contributed by atoms with Gasteiger partial charge in [-0.3, -0.25) is 9.59 Å². The van der Waals surface area contributed by atoms with Crippen LogP contribution in [0.15, 0.2) is 83.0 Å². The average molecular weight is 402 g/mol. The Labute approximate surface area is 169 Å². The molecule has 0 radical (unpaired) electrons. The Morgan fingerprint density at radius 2 is 0.933 bits per heavy atom. The number of amides is 2. The summed E-state index contributed by atoms with van der Waals surface area (Å²) in [6.07, 6.45) is 0. The predicted molar refractivity (Wildman–Crippen MR) is 105 cm³/mol. The number of benzene rings is 2. The van der Waals surface area contributed by atoms with Crippen LogP contribution in [0.3, 0.4) is 0 Å². The van der Waals surface area contributed by atoms with Crippen molar-refractivity contribution in [1.82, 2.24) is 10.6 Å². The van der Waals surface area contributed by atoms with E-state index in [0.717, 1.165) is 0 Å². The highest BCUT2D eigenvalue weighted by Gasteiger charge is 2.43. The molecule has 0 saturated carbocycles. The second kappa shape index (κ2) is 7.17. The lowest BCUT2D eigenvalue weighted by atomic mass is 9.93. The summed E-state index contributed by atoms with van der Waals surface area (Å²) in [6.45, 7) is 0. The zero-order valence-corrected chi connectivity index (χ0v) is 15.3. The number of nitrogens with one attached hydrogen (secondary N) is 2. The molecule has 2 aromatic carbocycles. The van der Waals surface area contributed by atoms with Gasteiger partial charge < -0.3 is 20.8 Å². The molecule has 4 rings (SSSR count). The molecule has 0 bridgehead atoms. The highest BCUT2D eigenvalue weighted by atomic mass is 16.4. The lowest BCUT2D eigenvalue weighted by Crippen LogP contribution is -2.22. The number of carbonyl (C=O) groups is 4. The highest BCUT2D eigenvalue weighted by Crippen LogP contribution is 2.37. The number of carbonyl (C=O) groups excluding carboxylic acids is 2. The molecule has 30 heavy (non-hydrogen) atoms. The van der Waals surface area contributed by atoms with Crippen LogP contribution in [0.25, 0.3) is 11.4 Å². The topological polar surface area (TPSA) is 133 Å². The molecule has 4 N–H and O–H groups in total. The Balaban J connectivity index is 2.03. The van der Waals surface area contributed by atoms with E-state index < -0.39 is 46.0 Å². The van der Waals surface area contributed by atoms with E-state index in [-0.39, 0.29) is 11.4 Å². The third-order valence-electron chi connectivity index (χ3n) is 4.73. The second-order valence-electron chi connectivity index (χ2n) is 6.50. The molecule has 8 nitrogen and oxygen atoms in total. The fraction of sp³-hybridized carbons (Fsp3) is 0. The van der Waals surface area contributed by atoms with Crippen molar-refractivity contribution in [2.75, 3.05) is 0 Å². The maximum atomic E-state index is 12.7. The van der Waals surface area contributed by atoms with Crippen molar-refractivity contribution in [3.8, 4) is 0 Å². The molecule has 0 spiro atoms. The van der Waals surface area contributed by atoms with Crippen molar-refractivity contribution in [2.45, 2.75) is 0 Å². The molecule has 0 aliphatic carbocycles. The standard InChI is InChI=1S/C22H14N2O6/c25-19-13(15(21(27)28)17(23-19)11-7-3-1-4-8-11)14-16(22(29)30)18(24-20(14)26)12-9-5-2-6-10-12/h1-10H,(H,23,25)(H,24,26)(H,27,28)(H,29,30)/b14-13+. The van der Waals surface area contributed by atoms with Gasteiger partial charge in [0.15, 0.2) is 0 Å². The van der Waals surface area contributed by atoms with Gasteiger partial charge in [0.25, 0.3) is 11.8 Å². The Hall–Kier alpha value is -4.46. The van der Waals surface area contributed by atoms with E-state index in [1.807, 2.05) is 0 Å². The minimum atomic E-state index is -1.46. The fourth-order valence-corrected chi connectivity index (χ4v) is 3.50. The molecule has 2 amide bonds. The van der Waals surface area contributed by atoms with E-state index in [0.29, 0.717) is 11.1 Å². The van der Waals surface area contributed by atoms with Crippen LogP contribution in [0.5, 0.6) is 0 Å². The van der Waals surface area contributed by atoms with Crippen LogP contribution in [0, 0.1) is 0 Å². The van der Waals surface area contributed by atoms with Crippen LogP contribution in [-0.4, -0.2) is 34.0 Å². The van der Waals surface area contributed by atoms with E-state index in [1.165, 1.54) is 0 Å². The van der Waals surface area contributed by atoms with Crippen molar-refractivity contribution in [3.05, 3.63) is 94.1 Å². The molecule has 0 fully saturated rings. The lowest BCUT2D eigenvalue weighted by molar-refractivity contribution is -0.133. The van der Waals surface area contributed by atoms with Crippen LogP contribution in [0.1, 0.15) is 11.1 Å². The van der Waals surface area contributed by atoms with Crippen LogP contribution in [-0.2, 0) is 19.2 Å². The molecule has 2 heterocycles. The van der Waals surface area contributed by atoms with Crippen LogP contribution in [0.4, 0.5) is 0 Å². The first-order valence-corrected chi connectivity index (χ1v) is 8.84. The van der Waals surface area contributed by atoms with Crippen LogP contribution < -0.4 is 10.6 Å². The minimum absolute atomic E-state index is 0.00120. The van der Waals surface area contributed by atoms with Gasteiger partial charge in [0.2, 0.25) is 0 Å². The monoisotopic (exact) mass is 402 g/mol. The van der Waals surface area contributed by atoms with E-state index in [1.54, 1.807) is 60.7 Å². The summed E-state index contributed by atoms with van der Waals surface area (Å²) >= 11 is 0. The van der Waals surface area contributed by atoms with Crippen LogP contribution >= 0.6 is 0 Å². The molecule has 0 aromatic heterocycles. The Morgan fingerprint density at radius 3 is 1.23 bits per heavy atom. The van der Waals surface area contributed by atoms with Crippen LogP contribution in [0.2, 0.25) is 0 Å². The molecule has 8 heteroatoms. The molecule has 148 valence electrons. The van der Waals surface area contributed by atoms with Gasteiger partial charge in [-0.2, -0.15) is 0 Å². The summed E-state index contributed by atoms with van der Waals surface area (Å²) in [4.78, 5) is 49.6. The number of carboxylic acids is 2. The maximum absolute atomic E-state index is 12.7. The lowest BCUT2D eigenvalue weighted by Gasteiger charge is -2.05. The van der Waals surface area contributed by atoms with Gasteiger partial charge in [-0.25, -0.2) is 9.59 Å². The van der Waals surface area contributed by atoms with Gasteiger partial charge in [-0.15, -0.1) is 0 Å². The zero-order valence-electron chi connectivity index (χ0n) is 15.3. The Kier molecular flexibility index (Phi) is 4.51. The summed E-state index contributed by atoms with van der Waals surface area (Å²) in [5.74, 6) is -4.63. The average Bonchev–Trinajstić information content (AvgIpc) is 3.26. The molecule has 2 aliphatic heterocycles. The third kappa shape index (κ3) is 2.96. The van der Waals surface area contributed by atoms with E-state index in [2.05, 4.69) is 10.6 Å². The number of rotatable bonds is 4. The largest absolute Gasteiger partial charge is 0.478 e. The molecule has 2 aliphatic rings. The first-order chi connectivity index (χ1) is 14.4. The van der Waals surface area contributed by atoms with Gasteiger partial charge in [0, 0.05) is 0 Å². The van der Waals surface area contributed by atoms with Crippen molar-refractivity contribution < 1.29 is 29.4 Å². The number of aliphatic carboxylic acids is 2. The van der Waals surface area contributed by atoms with Gasteiger partial charge in [-0.05, 0) is 11.1 Å². The van der Waals surface area contributed by atoms with E-state index >= 15 is 0 Å². The number of carboxylic acid groups (broad SMARTS) is 2. The SMILES string of the molecule is O=C(O)C1=C(c2ccccc2)NC(=O)/C1=C1/C(=O)NC(c2ccccc2)=C1C(=O)O. The van der Waals surface area contributed by atoms with Gasteiger partial charge in [0.1, 0.15) is 0 Å². The molecule has 2 aromatic rings. The summed E-state index contributed by atoms with van der Waals surface area (Å²) in [5.41, 5.74) is -1.04. The number of hydrogen-bond acceptors (Lipinski definition) is 4. The van der Waals surface area contributed by atoms with E-state index in [4.69, 9.17) is 0 Å². The highest BCUT2D eigenvalue weighted by molar-refractivity contribution is 6.29. The molecule has 0 unspecified atom stereocenters. The van der Waals surface area contributed by atoms with Crippen molar-refractivity contribution in [1.29, 1.82) is 0 Å². The Morgan fingerprint density at radius 1 is 0.600 bits per heavy atom. The smallest absolute Gasteiger partial charge is 0.338 e. The third-order valence-corrected chi connectivity index (χ3v) is 4.73. The maximum Gasteiger partial charge on any atom is 0.338 e. The quantitative estimate of drug-likeness (QED) is 0.574. The first-order valence-electron chi connectivity index (χ1n) is 8.84. The minimum Gasteiger partial charge on any atom is -0.478 e. The summed E-state index contributed by atoms with van der Waals surface area (Å²) in [5, 5.41) is 24.6. The van der Waals surface area contributed by atoms with Gasteiger partial charge in [0.05, 0.1) is 33.7 Å². The molecule has 0 saturated heterocycles. The van der Waals surface area contributed by atoms with Crippen molar-refractivity contribution in [2.24, 2.45) is 0 Å². The normalized spacial score (nSPS) is 18.5. The molecule has 0 atom stereocenters. The molecular weight excluding hydrogens is 388 g/mol. The molecular formula is C22H14N2O6. The zero-order chi connectivity index (χ0) is 21.4. The fourth-order valence-electron chi connectivity index (χ4n) is 3.50. The summed E-state index contributed by atoms with van der Waals surface area (Å²) in [6, 6.07) is 16.5. The van der Waals surface area contributed by atoms with Crippen molar-refractivity contribution in [3.63, 3.8) is 0 Å². The van der Waals surface area contributed by atoms with Gasteiger partial charge in [-0.1, -0.05) is 60.7 Å². The van der Waals surface area contributed by atoms with Gasteiger partial charge >= 0.3 is 11.9 Å². The first kappa shape index (κ1) is 18.9. The predicted octanol–water partition coefficient (Wildman–Crippen LogP) is 1.53. The second-order valence-corrected chi connectivity index (χ2v) is 6.50. The summed E-state index contributed by atoms with van der Waals surface area (Å²) < 4.78 is 0. The summed E-state index contributed by atoms with van der Waals surface area (Å²) in [7, 11) is 0. The van der Waals surface area contributed by atoms with E-state index in [9.17, 15) is 29.4 Å². The number of hydrogen-bond donors (Lipinski definition) is 4. The Bertz CT molecular complexity index is 1110.